The molecule has 88 valence electrons. The number of hydrogen-bond donors (Lipinski definition) is 2. The quantitative estimate of drug-likeness (QED) is 0.797. The smallest absolute Gasteiger partial charge is 0.148 e. The number of hydrogen-bond acceptors (Lipinski definition) is 4. The Bertz CT molecular complexity index is 364. The Morgan fingerprint density at radius 2 is 2.06 bits per heavy atom. The van der Waals surface area contributed by atoms with Gasteiger partial charge in [-0.25, -0.2) is 4.98 Å². The molecule has 0 amide bonds. The minimum absolute atomic E-state index is 0.246. The average Bonchev–Trinajstić information content (AvgIpc) is 2.27. The molecule has 2 unspecified atom stereocenters. The predicted molar refractivity (Wildman–Crippen MR) is 65.4 cm³/mol. The van der Waals surface area contributed by atoms with E-state index < -0.39 is 0 Å². The lowest BCUT2D eigenvalue weighted by atomic mass is 9.91. The van der Waals surface area contributed by atoms with Crippen LogP contribution < -0.4 is 11.1 Å². The second-order valence-corrected chi connectivity index (χ2v) is 4.64. The Balaban J connectivity index is 2.10. The molecule has 0 spiro atoms. The molecule has 0 aromatic carbocycles. The van der Waals surface area contributed by atoms with Gasteiger partial charge >= 0.3 is 0 Å². The van der Waals surface area contributed by atoms with Gasteiger partial charge < -0.3 is 11.1 Å². The van der Waals surface area contributed by atoms with Gasteiger partial charge in [-0.15, -0.1) is 0 Å². The molecule has 0 bridgehead atoms. The maximum absolute atomic E-state index is 6.10. The molecule has 16 heavy (non-hydrogen) atoms. The third-order valence-corrected chi connectivity index (χ3v) is 3.22. The van der Waals surface area contributed by atoms with Crippen molar-refractivity contribution < 1.29 is 0 Å². The molecule has 0 saturated heterocycles. The van der Waals surface area contributed by atoms with Crippen molar-refractivity contribution in [1.29, 1.82) is 0 Å². The molecule has 2 rings (SSSR count). The first kappa shape index (κ1) is 11.3. The van der Waals surface area contributed by atoms with Crippen molar-refractivity contribution in [1.82, 2.24) is 9.97 Å². The van der Waals surface area contributed by atoms with E-state index in [1.54, 1.807) is 6.20 Å². The molecule has 4 heteroatoms. The lowest BCUT2D eigenvalue weighted by Crippen LogP contribution is -2.43. The van der Waals surface area contributed by atoms with Crippen LogP contribution in [0.3, 0.4) is 0 Å². The third-order valence-electron chi connectivity index (χ3n) is 3.22. The molecule has 4 nitrogen and oxygen atoms in total. The van der Waals surface area contributed by atoms with E-state index in [9.17, 15) is 0 Å². The van der Waals surface area contributed by atoms with Crippen LogP contribution in [0, 0.1) is 13.8 Å². The lowest BCUT2D eigenvalue weighted by Gasteiger charge is -2.30. The average molecular weight is 220 g/mol. The van der Waals surface area contributed by atoms with E-state index in [1.807, 2.05) is 13.8 Å². The Labute approximate surface area is 96.7 Å². The van der Waals surface area contributed by atoms with E-state index in [0.717, 1.165) is 30.0 Å². The highest BCUT2D eigenvalue weighted by Gasteiger charge is 2.22. The number of nitrogens with zero attached hydrogens (tertiary/aromatic N) is 2. The first-order chi connectivity index (χ1) is 7.66. The maximum atomic E-state index is 6.10. The highest BCUT2D eigenvalue weighted by Crippen LogP contribution is 2.21. The summed E-state index contributed by atoms with van der Waals surface area (Å²) in [7, 11) is 0. The van der Waals surface area contributed by atoms with Gasteiger partial charge in [-0.05, 0) is 26.7 Å². The molecule has 1 saturated carbocycles. The zero-order chi connectivity index (χ0) is 11.5. The van der Waals surface area contributed by atoms with E-state index in [2.05, 4.69) is 15.3 Å². The molecule has 3 N–H and O–H groups in total. The zero-order valence-electron chi connectivity index (χ0n) is 10.0. The predicted octanol–water partition coefficient (Wildman–Crippen LogP) is 1.78. The van der Waals surface area contributed by atoms with Crippen molar-refractivity contribution in [2.24, 2.45) is 5.73 Å². The van der Waals surface area contributed by atoms with Gasteiger partial charge in [-0.3, -0.25) is 4.98 Å². The van der Waals surface area contributed by atoms with E-state index in [-0.39, 0.29) is 6.04 Å². The fourth-order valence-electron chi connectivity index (χ4n) is 2.19. The van der Waals surface area contributed by atoms with Crippen LogP contribution in [0.15, 0.2) is 6.20 Å². The van der Waals surface area contributed by atoms with Crippen LogP contribution in [0.4, 0.5) is 5.82 Å². The van der Waals surface area contributed by atoms with Crippen molar-refractivity contribution in [2.75, 3.05) is 5.32 Å². The topological polar surface area (TPSA) is 63.8 Å². The van der Waals surface area contributed by atoms with E-state index in [4.69, 9.17) is 5.73 Å². The lowest BCUT2D eigenvalue weighted by molar-refractivity contribution is 0.403. The van der Waals surface area contributed by atoms with Gasteiger partial charge in [0, 0.05) is 18.3 Å². The van der Waals surface area contributed by atoms with Crippen LogP contribution in [0.25, 0.3) is 0 Å². The van der Waals surface area contributed by atoms with Crippen molar-refractivity contribution in [3.8, 4) is 0 Å². The summed E-state index contributed by atoms with van der Waals surface area (Å²) in [6.45, 7) is 3.93. The number of nitrogens with one attached hydrogen (secondary N) is 1. The van der Waals surface area contributed by atoms with Gasteiger partial charge in [0.25, 0.3) is 0 Å². The van der Waals surface area contributed by atoms with Crippen LogP contribution in [0.2, 0.25) is 0 Å². The first-order valence-corrected chi connectivity index (χ1v) is 5.99. The van der Waals surface area contributed by atoms with Gasteiger partial charge in [0.1, 0.15) is 5.82 Å². The Morgan fingerprint density at radius 1 is 1.31 bits per heavy atom. The molecule has 1 aromatic rings. The van der Waals surface area contributed by atoms with Gasteiger partial charge in [0.05, 0.1) is 11.4 Å². The second-order valence-electron chi connectivity index (χ2n) is 4.64. The summed E-state index contributed by atoms with van der Waals surface area (Å²) in [4.78, 5) is 8.78. The van der Waals surface area contributed by atoms with Gasteiger partial charge in [0.2, 0.25) is 0 Å². The molecular weight excluding hydrogens is 200 g/mol. The van der Waals surface area contributed by atoms with Crippen LogP contribution in [0.5, 0.6) is 0 Å². The molecule has 0 radical (unpaired) electrons. The number of aryl methyl sites for hydroxylation is 2. The highest BCUT2D eigenvalue weighted by molar-refractivity contribution is 5.41. The van der Waals surface area contributed by atoms with Crippen LogP contribution in [-0.2, 0) is 0 Å². The maximum Gasteiger partial charge on any atom is 0.148 e. The minimum Gasteiger partial charge on any atom is -0.364 e. The monoisotopic (exact) mass is 220 g/mol. The van der Waals surface area contributed by atoms with E-state index >= 15 is 0 Å². The summed E-state index contributed by atoms with van der Waals surface area (Å²) in [6.07, 6.45) is 6.54. The molecule has 1 fully saturated rings. The van der Waals surface area contributed by atoms with Crippen molar-refractivity contribution >= 4 is 5.82 Å². The Morgan fingerprint density at radius 3 is 2.81 bits per heavy atom. The third kappa shape index (κ3) is 2.50. The molecule has 1 aliphatic rings. The Kier molecular flexibility index (Phi) is 3.39. The molecular formula is C12H20N4. The molecule has 2 atom stereocenters. The first-order valence-electron chi connectivity index (χ1n) is 5.99. The number of aromatic nitrogens is 2. The van der Waals surface area contributed by atoms with Crippen molar-refractivity contribution in [2.45, 2.75) is 51.6 Å². The fraction of sp³-hybridized carbons (Fsp3) is 0.667. The molecule has 1 heterocycles. The molecule has 1 aromatic heterocycles. The summed E-state index contributed by atoms with van der Waals surface area (Å²) in [6, 6.07) is 0.596. The van der Waals surface area contributed by atoms with Crippen LogP contribution in [-0.4, -0.2) is 22.1 Å². The largest absolute Gasteiger partial charge is 0.364 e. The number of rotatable bonds is 2. The second kappa shape index (κ2) is 4.78. The normalized spacial score (nSPS) is 25.4. The van der Waals surface area contributed by atoms with Crippen LogP contribution in [0.1, 0.15) is 37.1 Å². The van der Waals surface area contributed by atoms with Gasteiger partial charge in [0.15, 0.2) is 0 Å². The summed E-state index contributed by atoms with van der Waals surface area (Å²) < 4.78 is 0. The number of nitrogens with two attached hydrogens (primary N) is 1. The standard InChI is InChI=1S/C12H20N4/c1-8-7-14-9(2)12(15-8)16-11-6-4-3-5-10(11)13/h7,10-11H,3-6,13H2,1-2H3,(H,15,16). The summed E-state index contributed by atoms with van der Waals surface area (Å²) in [5.41, 5.74) is 7.99. The van der Waals surface area contributed by atoms with Crippen LogP contribution >= 0.6 is 0 Å². The summed E-state index contributed by atoms with van der Waals surface area (Å²) >= 11 is 0. The summed E-state index contributed by atoms with van der Waals surface area (Å²) in [5, 5.41) is 3.44. The van der Waals surface area contributed by atoms with Crippen molar-refractivity contribution in [3.63, 3.8) is 0 Å². The van der Waals surface area contributed by atoms with E-state index in [1.165, 1.54) is 12.8 Å². The molecule has 0 aliphatic heterocycles. The van der Waals surface area contributed by atoms with Gasteiger partial charge in [-0.2, -0.15) is 0 Å². The highest BCUT2D eigenvalue weighted by atomic mass is 15.1. The fourth-order valence-corrected chi connectivity index (χ4v) is 2.19. The van der Waals surface area contributed by atoms with Crippen molar-refractivity contribution in [3.05, 3.63) is 17.6 Å². The Hall–Kier alpha value is -1.16. The SMILES string of the molecule is Cc1cnc(C)c(NC2CCCCC2N)n1. The molecule has 1 aliphatic carbocycles. The zero-order valence-corrected chi connectivity index (χ0v) is 10.0. The number of anilines is 1. The van der Waals surface area contributed by atoms with Gasteiger partial charge in [-0.1, -0.05) is 12.8 Å². The summed E-state index contributed by atoms with van der Waals surface area (Å²) in [5.74, 6) is 0.891. The minimum atomic E-state index is 0.246. The van der Waals surface area contributed by atoms with E-state index in [0.29, 0.717) is 6.04 Å².